The lowest BCUT2D eigenvalue weighted by atomic mass is 10.1. The Balaban J connectivity index is 2.02. The summed E-state index contributed by atoms with van der Waals surface area (Å²) in [4.78, 5) is 3.76. The lowest BCUT2D eigenvalue weighted by molar-refractivity contribution is -0.140. The molecule has 0 bridgehead atoms. The summed E-state index contributed by atoms with van der Waals surface area (Å²) in [6, 6.07) is 6.92. The van der Waals surface area contributed by atoms with Crippen molar-refractivity contribution in [2.24, 2.45) is 0 Å². The quantitative estimate of drug-likeness (QED) is 0.931. The Labute approximate surface area is 120 Å². The lowest BCUT2D eigenvalue weighted by Gasteiger charge is -2.08. The molecule has 6 heteroatoms. The van der Waals surface area contributed by atoms with Crippen LogP contribution in [0.5, 0.6) is 0 Å². The van der Waals surface area contributed by atoms with E-state index in [1.54, 1.807) is 35.8 Å². The largest absolute Gasteiger partial charge is 0.434 e. The molecule has 0 radical (unpaired) electrons. The van der Waals surface area contributed by atoms with Crippen molar-refractivity contribution in [1.82, 2.24) is 9.55 Å². The zero-order valence-electron chi connectivity index (χ0n) is 11.4. The summed E-state index contributed by atoms with van der Waals surface area (Å²) in [5.41, 5.74) is 0.491. The van der Waals surface area contributed by atoms with Gasteiger partial charge in [0.05, 0.1) is 6.10 Å². The number of aliphatic hydroxyl groups excluding tert-OH is 1. The smallest absolute Gasteiger partial charge is 0.389 e. The fourth-order valence-corrected chi connectivity index (χ4v) is 2.29. The number of benzene rings is 1. The van der Waals surface area contributed by atoms with Crippen molar-refractivity contribution in [3.8, 4) is 11.4 Å². The fourth-order valence-electron chi connectivity index (χ4n) is 2.29. The maximum absolute atomic E-state index is 12.8. The maximum Gasteiger partial charge on any atom is 0.434 e. The first-order valence-electron chi connectivity index (χ1n) is 6.80. The molecule has 1 saturated carbocycles. The van der Waals surface area contributed by atoms with Gasteiger partial charge < -0.3 is 9.67 Å². The van der Waals surface area contributed by atoms with E-state index < -0.39 is 18.0 Å². The number of rotatable bonds is 3. The summed E-state index contributed by atoms with van der Waals surface area (Å²) in [5.74, 6) is 0.335. The second kappa shape index (κ2) is 4.87. The third-order valence-electron chi connectivity index (χ3n) is 3.61. The Morgan fingerprint density at radius 3 is 2.33 bits per heavy atom. The zero-order valence-corrected chi connectivity index (χ0v) is 11.4. The zero-order chi connectivity index (χ0) is 15.2. The Hall–Kier alpha value is -1.82. The third-order valence-corrected chi connectivity index (χ3v) is 3.61. The molecule has 1 N–H and O–H groups in total. The van der Waals surface area contributed by atoms with Crippen molar-refractivity contribution in [2.45, 2.75) is 38.1 Å². The highest BCUT2D eigenvalue weighted by Crippen LogP contribution is 2.40. The summed E-state index contributed by atoms with van der Waals surface area (Å²) in [5, 5.41) is 9.48. The van der Waals surface area contributed by atoms with Crippen molar-refractivity contribution in [1.29, 1.82) is 0 Å². The second-order valence-corrected chi connectivity index (χ2v) is 5.38. The molecule has 1 aromatic heterocycles. The standard InChI is InChI=1S/C15H15F3N2O/c1-9(21)10-2-4-11(5-3-10)14-19-13(15(16,17)18)8-20(14)12-6-7-12/h2-5,8-9,12,21H,6-7H2,1H3. The predicted octanol–water partition coefficient (Wildman–Crippen LogP) is 3.96. The van der Waals surface area contributed by atoms with Crippen LogP contribution >= 0.6 is 0 Å². The average molecular weight is 296 g/mol. The Morgan fingerprint density at radius 1 is 1.24 bits per heavy atom. The Kier molecular flexibility index (Phi) is 3.28. The molecule has 21 heavy (non-hydrogen) atoms. The number of halogens is 3. The summed E-state index contributed by atoms with van der Waals surface area (Å²) in [6.45, 7) is 1.64. The molecule has 1 heterocycles. The molecule has 1 atom stereocenters. The first-order valence-corrected chi connectivity index (χ1v) is 6.80. The molecular weight excluding hydrogens is 281 g/mol. The summed E-state index contributed by atoms with van der Waals surface area (Å²) in [6.07, 6.45) is -2.18. The van der Waals surface area contributed by atoms with Crippen LogP contribution in [0.15, 0.2) is 30.5 Å². The van der Waals surface area contributed by atoms with E-state index in [-0.39, 0.29) is 6.04 Å². The van der Waals surface area contributed by atoms with Crippen LogP contribution in [0.25, 0.3) is 11.4 Å². The van der Waals surface area contributed by atoms with Gasteiger partial charge in [-0.1, -0.05) is 24.3 Å². The molecule has 3 rings (SSSR count). The van der Waals surface area contributed by atoms with E-state index in [4.69, 9.17) is 0 Å². The molecule has 3 nitrogen and oxygen atoms in total. The average Bonchev–Trinajstić information content (AvgIpc) is 3.16. The van der Waals surface area contributed by atoms with Gasteiger partial charge in [0.25, 0.3) is 0 Å². The molecule has 1 unspecified atom stereocenters. The summed E-state index contributed by atoms with van der Waals surface area (Å²) in [7, 11) is 0. The number of aromatic nitrogens is 2. The van der Waals surface area contributed by atoms with Crippen LogP contribution in [0.2, 0.25) is 0 Å². The minimum Gasteiger partial charge on any atom is -0.389 e. The van der Waals surface area contributed by atoms with Gasteiger partial charge in [0, 0.05) is 17.8 Å². The van der Waals surface area contributed by atoms with Crippen LogP contribution in [0.3, 0.4) is 0 Å². The molecule has 1 aromatic carbocycles. The van der Waals surface area contributed by atoms with Gasteiger partial charge in [0.1, 0.15) is 5.82 Å². The van der Waals surface area contributed by atoms with Crippen molar-refractivity contribution in [3.63, 3.8) is 0 Å². The van der Waals surface area contributed by atoms with Crippen LogP contribution in [0.4, 0.5) is 13.2 Å². The highest BCUT2D eigenvalue weighted by molar-refractivity contribution is 5.57. The predicted molar refractivity (Wildman–Crippen MR) is 71.6 cm³/mol. The number of hydrogen-bond acceptors (Lipinski definition) is 2. The molecule has 0 aliphatic heterocycles. The van der Waals surface area contributed by atoms with E-state index >= 15 is 0 Å². The maximum atomic E-state index is 12.8. The van der Waals surface area contributed by atoms with E-state index in [9.17, 15) is 18.3 Å². The van der Waals surface area contributed by atoms with E-state index in [0.717, 1.165) is 24.6 Å². The van der Waals surface area contributed by atoms with Gasteiger partial charge >= 0.3 is 6.18 Å². The molecule has 112 valence electrons. The lowest BCUT2D eigenvalue weighted by Crippen LogP contribution is -2.05. The van der Waals surface area contributed by atoms with Crippen LogP contribution in [0, 0.1) is 0 Å². The van der Waals surface area contributed by atoms with Crippen molar-refractivity contribution in [2.75, 3.05) is 0 Å². The molecule has 0 amide bonds. The Bertz CT molecular complexity index is 640. The van der Waals surface area contributed by atoms with Gasteiger partial charge in [-0.15, -0.1) is 0 Å². The number of nitrogens with zero attached hydrogens (tertiary/aromatic N) is 2. The first kappa shape index (κ1) is 14.1. The molecule has 1 aliphatic rings. The van der Waals surface area contributed by atoms with Gasteiger partial charge in [-0.2, -0.15) is 13.2 Å². The second-order valence-electron chi connectivity index (χ2n) is 5.38. The van der Waals surface area contributed by atoms with Crippen molar-refractivity contribution < 1.29 is 18.3 Å². The van der Waals surface area contributed by atoms with Gasteiger partial charge in [-0.3, -0.25) is 0 Å². The molecule has 0 spiro atoms. The molecule has 1 fully saturated rings. The first-order chi connectivity index (χ1) is 9.86. The SMILES string of the molecule is CC(O)c1ccc(-c2nc(C(F)(F)F)cn2C2CC2)cc1. The van der Waals surface area contributed by atoms with E-state index in [2.05, 4.69) is 4.98 Å². The highest BCUT2D eigenvalue weighted by Gasteiger charge is 2.37. The van der Waals surface area contributed by atoms with Crippen LogP contribution in [-0.4, -0.2) is 14.7 Å². The minimum atomic E-state index is -4.44. The summed E-state index contributed by atoms with van der Waals surface area (Å²) < 4.78 is 40.1. The van der Waals surface area contributed by atoms with Crippen molar-refractivity contribution in [3.05, 3.63) is 41.7 Å². The number of hydrogen-bond donors (Lipinski definition) is 1. The third kappa shape index (κ3) is 2.81. The van der Waals surface area contributed by atoms with Crippen molar-refractivity contribution >= 4 is 0 Å². The van der Waals surface area contributed by atoms with E-state index in [0.29, 0.717) is 11.4 Å². The Morgan fingerprint density at radius 2 is 1.86 bits per heavy atom. The number of alkyl halides is 3. The fraction of sp³-hybridized carbons (Fsp3) is 0.400. The topological polar surface area (TPSA) is 38.1 Å². The van der Waals surface area contributed by atoms with Gasteiger partial charge in [0.15, 0.2) is 5.69 Å². The minimum absolute atomic E-state index is 0.111. The van der Waals surface area contributed by atoms with Gasteiger partial charge in [-0.25, -0.2) is 4.98 Å². The normalized spacial score (nSPS) is 17.0. The van der Waals surface area contributed by atoms with Gasteiger partial charge in [0.2, 0.25) is 0 Å². The number of imidazole rings is 1. The highest BCUT2D eigenvalue weighted by atomic mass is 19.4. The molecule has 2 aromatic rings. The molecule has 0 saturated heterocycles. The van der Waals surface area contributed by atoms with Crippen LogP contribution < -0.4 is 0 Å². The van der Waals surface area contributed by atoms with Crippen LogP contribution in [0.1, 0.15) is 43.2 Å². The van der Waals surface area contributed by atoms with E-state index in [1.165, 1.54) is 0 Å². The van der Waals surface area contributed by atoms with Gasteiger partial charge in [-0.05, 0) is 25.3 Å². The molecule has 1 aliphatic carbocycles. The van der Waals surface area contributed by atoms with E-state index in [1.807, 2.05) is 0 Å². The number of aliphatic hydroxyl groups is 1. The molecular formula is C15H15F3N2O. The monoisotopic (exact) mass is 296 g/mol. The summed E-state index contributed by atoms with van der Waals surface area (Å²) >= 11 is 0. The van der Waals surface area contributed by atoms with Crippen LogP contribution in [-0.2, 0) is 6.18 Å².